The minimum atomic E-state index is -0.231. The van der Waals surface area contributed by atoms with Crippen LogP contribution in [0.5, 0.6) is 17.2 Å². The third kappa shape index (κ3) is 3.00. The highest BCUT2D eigenvalue weighted by molar-refractivity contribution is 5.69. The van der Waals surface area contributed by atoms with Gasteiger partial charge >= 0.3 is 0 Å². The first-order chi connectivity index (χ1) is 14.3. The summed E-state index contributed by atoms with van der Waals surface area (Å²) in [5.41, 5.74) is 7.84. The molecule has 2 aliphatic rings. The first kappa shape index (κ1) is 17.6. The average molecular weight is 386 g/mol. The third-order valence-electron chi connectivity index (χ3n) is 5.38. The summed E-state index contributed by atoms with van der Waals surface area (Å²) in [7, 11) is 3.29. The highest BCUT2D eigenvalue weighted by Gasteiger charge is 2.40. The quantitative estimate of drug-likeness (QED) is 0.704. The summed E-state index contributed by atoms with van der Waals surface area (Å²) in [5, 5.41) is 2.16. The molecule has 3 aromatic rings. The van der Waals surface area contributed by atoms with E-state index in [1.54, 1.807) is 14.2 Å². The van der Waals surface area contributed by atoms with Gasteiger partial charge in [-0.2, -0.15) is 5.01 Å². The second-order valence-corrected chi connectivity index (χ2v) is 7.03. The van der Waals surface area contributed by atoms with Crippen LogP contribution in [0.1, 0.15) is 29.0 Å². The van der Waals surface area contributed by atoms with E-state index < -0.39 is 0 Å². The molecule has 146 valence electrons. The van der Waals surface area contributed by atoms with Crippen molar-refractivity contribution in [1.29, 1.82) is 0 Å². The van der Waals surface area contributed by atoms with E-state index in [9.17, 15) is 0 Å². The molecule has 0 spiro atoms. The van der Waals surface area contributed by atoms with Crippen molar-refractivity contribution in [3.8, 4) is 17.2 Å². The summed E-state index contributed by atoms with van der Waals surface area (Å²) in [5.74, 6) is 2.33. The molecule has 1 N–H and O–H groups in total. The first-order valence-electron chi connectivity index (χ1n) is 9.58. The van der Waals surface area contributed by atoms with E-state index in [1.165, 1.54) is 0 Å². The van der Waals surface area contributed by atoms with Crippen LogP contribution in [0.15, 0.2) is 78.9 Å². The molecule has 2 unspecified atom stereocenters. The van der Waals surface area contributed by atoms with Crippen LogP contribution < -0.4 is 19.6 Å². The van der Waals surface area contributed by atoms with E-state index in [4.69, 9.17) is 14.2 Å². The van der Waals surface area contributed by atoms with Crippen LogP contribution in [-0.4, -0.2) is 19.2 Å². The van der Waals surface area contributed by atoms with Gasteiger partial charge in [-0.05, 0) is 30.3 Å². The number of benzene rings is 3. The Morgan fingerprint density at radius 1 is 0.862 bits per heavy atom. The Hall–Kier alpha value is -3.44. The summed E-state index contributed by atoms with van der Waals surface area (Å²) in [6.45, 7) is 0. The van der Waals surface area contributed by atoms with Gasteiger partial charge in [0.05, 0.1) is 26.0 Å². The molecule has 5 rings (SSSR count). The van der Waals surface area contributed by atoms with Crippen molar-refractivity contribution >= 4 is 5.70 Å². The summed E-state index contributed by atoms with van der Waals surface area (Å²) in [6, 6.07) is 24.5. The van der Waals surface area contributed by atoms with E-state index in [-0.39, 0.29) is 12.3 Å². The van der Waals surface area contributed by atoms with Crippen molar-refractivity contribution < 1.29 is 14.2 Å². The molecule has 0 aliphatic carbocycles. The Morgan fingerprint density at radius 2 is 1.62 bits per heavy atom. The van der Waals surface area contributed by atoms with Crippen molar-refractivity contribution in [3.63, 3.8) is 0 Å². The van der Waals surface area contributed by atoms with E-state index in [2.05, 4.69) is 34.7 Å². The lowest BCUT2D eigenvalue weighted by molar-refractivity contribution is -0.0326. The Morgan fingerprint density at radius 3 is 2.41 bits per heavy atom. The van der Waals surface area contributed by atoms with E-state index in [1.807, 2.05) is 54.6 Å². The van der Waals surface area contributed by atoms with Gasteiger partial charge in [0.15, 0.2) is 17.7 Å². The molecular formula is C24H22N2O3. The maximum atomic E-state index is 6.38. The first-order valence-corrected chi connectivity index (χ1v) is 9.58. The Balaban J connectivity index is 1.56. The SMILES string of the molecule is COc1ccc(C2=CC3c4ccccc4OC(c4ccccc4)N3N2)cc1OC. The van der Waals surface area contributed by atoms with Crippen LogP contribution >= 0.6 is 0 Å². The number of para-hydroxylation sites is 1. The molecule has 0 radical (unpaired) electrons. The summed E-state index contributed by atoms with van der Waals surface area (Å²) < 4.78 is 17.2. The van der Waals surface area contributed by atoms with Crippen LogP contribution in [0.2, 0.25) is 0 Å². The molecule has 0 saturated carbocycles. The number of hydrogen-bond acceptors (Lipinski definition) is 5. The normalized spacial score (nSPS) is 20.0. The van der Waals surface area contributed by atoms with Gasteiger partial charge in [0.25, 0.3) is 0 Å². The van der Waals surface area contributed by atoms with Gasteiger partial charge in [-0.1, -0.05) is 48.5 Å². The molecule has 0 aromatic heterocycles. The number of hydrazine groups is 1. The van der Waals surface area contributed by atoms with Crippen LogP contribution in [0.25, 0.3) is 5.70 Å². The number of methoxy groups -OCH3 is 2. The molecule has 0 fully saturated rings. The van der Waals surface area contributed by atoms with Crippen LogP contribution in [0, 0.1) is 0 Å². The molecule has 0 saturated heterocycles. The van der Waals surface area contributed by atoms with Gasteiger partial charge in [-0.15, -0.1) is 0 Å². The second kappa shape index (κ2) is 7.18. The highest BCUT2D eigenvalue weighted by Crippen LogP contribution is 2.46. The highest BCUT2D eigenvalue weighted by atomic mass is 16.5. The Kier molecular flexibility index (Phi) is 4.37. The van der Waals surface area contributed by atoms with Crippen molar-refractivity contribution in [2.45, 2.75) is 12.3 Å². The predicted octanol–water partition coefficient (Wildman–Crippen LogP) is 4.70. The number of hydrogen-bond donors (Lipinski definition) is 1. The fourth-order valence-electron chi connectivity index (χ4n) is 3.95. The summed E-state index contributed by atoms with van der Waals surface area (Å²) in [6.07, 6.45) is 2.00. The third-order valence-corrected chi connectivity index (χ3v) is 5.38. The molecule has 29 heavy (non-hydrogen) atoms. The Labute approximate surface area is 170 Å². The van der Waals surface area contributed by atoms with Gasteiger partial charge in [-0.25, -0.2) is 0 Å². The van der Waals surface area contributed by atoms with E-state index >= 15 is 0 Å². The van der Waals surface area contributed by atoms with Gasteiger partial charge in [0.2, 0.25) is 0 Å². The number of nitrogens with one attached hydrogen (secondary N) is 1. The molecule has 2 atom stereocenters. The summed E-state index contributed by atoms with van der Waals surface area (Å²) >= 11 is 0. The molecule has 5 heteroatoms. The molecule has 5 nitrogen and oxygen atoms in total. The number of ether oxygens (including phenoxy) is 3. The van der Waals surface area contributed by atoms with Crippen LogP contribution in [-0.2, 0) is 0 Å². The minimum absolute atomic E-state index is 0.0632. The fraction of sp³-hybridized carbons (Fsp3) is 0.167. The molecular weight excluding hydrogens is 364 g/mol. The van der Waals surface area contributed by atoms with E-state index in [0.717, 1.165) is 28.1 Å². The van der Waals surface area contributed by atoms with Gasteiger partial charge < -0.3 is 19.6 Å². The van der Waals surface area contributed by atoms with Gasteiger partial charge in [0, 0.05) is 16.7 Å². The lowest BCUT2D eigenvalue weighted by atomic mass is 10.0. The number of nitrogens with zero attached hydrogens (tertiary/aromatic N) is 1. The van der Waals surface area contributed by atoms with Gasteiger partial charge in [0.1, 0.15) is 5.75 Å². The van der Waals surface area contributed by atoms with Crippen LogP contribution in [0.3, 0.4) is 0 Å². The zero-order valence-corrected chi connectivity index (χ0v) is 16.3. The molecule has 0 amide bonds. The Bertz CT molecular complexity index is 1060. The van der Waals surface area contributed by atoms with Gasteiger partial charge in [-0.3, -0.25) is 0 Å². The smallest absolute Gasteiger partial charge is 0.195 e. The monoisotopic (exact) mass is 386 g/mol. The standard InChI is InChI=1S/C24H22N2O3/c1-27-22-13-12-17(14-23(22)28-2)19-15-20-18-10-6-7-11-21(18)29-24(26(20)25-19)16-8-4-3-5-9-16/h3-15,20,24-25H,1-2H3. The maximum absolute atomic E-state index is 6.38. The fourth-order valence-corrected chi connectivity index (χ4v) is 3.95. The topological polar surface area (TPSA) is 43.0 Å². The average Bonchev–Trinajstić information content (AvgIpc) is 3.24. The van der Waals surface area contributed by atoms with E-state index in [0.29, 0.717) is 11.5 Å². The lowest BCUT2D eigenvalue weighted by Crippen LogP contribution is -2.43. The number of fused-ring (bicyclic) bond motifs is 3. The zero-order valence-electron chi connectivity index (χ0n) is 16.3. The molecule has 2 heterocycles. The summed E-state index contributed by atoms with van der Waals surface area (Å²) in [4.78, 5) is 0. The molecule has 0 bridgehead atoms. The lowest BCUT2D eigenvalue weighted by Gasteiger charge is -2.38. The van der Waals surface area contributed by atoms with Crippen molar-refractivity contribution in [3.05, 3.63) is 95.6 Å². The number of rotatable bonds is 4. The van der Waals surface area contributed by atoms with Crippen LogP contribution in [0.4, 0.5) is 0 Å². The minimum Gasteiger partial charge on any atom is -0.493 e. The largest absolute Gasteiger partial charge is 0.493 e. The second-order valence-electron chi connectivity index (χ2n) is 7.03. The molecule has 2 aliphatic heterocycles. The van der Waals surface area contributed by atoms with Crippen molar-refractivity contribution in [1.82, 2.24) is 10.4 Å². The zero-order chi connectivity index (χ0) is 19.8. The van der Waals surface area contributed by atoms with Crippen molar-refractivity contribution in [2.24, 2.45) is 0 Å². The van der Waals surface area contributed by atoms with Crippen molar-refractivity contribution in [2.75, 3.05) is 14.2 Å². The maximum Gasteiger partial charge on any atom is 0.195 e. The molecule has 3 aromatic carbocycles. The predicted molar refractivity (Wildman–Crippen MR) is 111 cm³/mol.